The number of esters is 2. The van der Waals surface area contributed by atoms with Crippen LogP contribution in [-0.2, 0) is 23.9 Å². The number of thioether (sulfide) groups is 1. The van der Waals surface area contributed by atoms with Gasteiger partial charge in [-0.15, -0.1) is 11.8 Å². The van der Waals surface area contributed by atoms with Crippen LogP contribution in [0.5, 0.6) is 0 Å². The monoisotopic (exact) mass is 452 g/mol. The number of benzene rings is 2. The number of ether oxygens (including phenoxy) is 2. The lowest BCUT2D eigenvalue weighted by atomic mass is 10.00. The zero-order valence-corrected chi connectivity index (χ0v) is 18.6. The summed E-state index contributed by atoms with van der Waals surface area (Å²) >= 11 is 1.46. The molecule has 0 radical (unpaired) electrons. The number of rotatable bonds is 6. The molecule has 7 nitrogen and oxygen atoms in total. The van der Waals surface area contributed by atoms with Crippen LogP contribution in [0.25, 0.3) is 0 Å². The Morgan fingerprint density at radius 2 is 1.62 bits per heavy atom. The van der Waals surface area contributed by atoms with Crippen LogP contribution in [0.1, 0.15) is 31.1 Å². The number of amides is 1. The fourth-order valence-corrected chi connectivity index (χ4v) is 5.23. The first kappa shape index (κ1) is 22.1. The first-order chi connectivity index (χ1) is 15.4. The molecule has 2 aliphatic rings. The van der Waals surface area contributed by atoms with Crippen molar-refractivity contribution < 1.29 is 23.9 Å². The van der Waals surface area contributed by atoms with Gasteiger partial charge in [0, 0.05) is 17.7 Å². The van der Waals surface area contributed by atoms with E-state index in [0.717, 1.165) is 11.1 Å². The number of hydrogen-bond acceptors (Lipinski definition) is 7. The van der Waals surface area contributed by atoms with E-state index in [0.29, 0.717) is 5.57 Å². The molecule has 1 amide bonds. The molecule has 0 bridgehead atoms. The Kier molecular flexibility index (Phi) is 6.34. The highest BCUT2D eigenvalue weighted by molar-refractivity contribution is 8.00. The first-order valence-corrected chi connectivity index (χ1v) is 11.2. The molecule has 0 aliphatic carbocycles. The van der Waals surface area contributed by atoms with E-state index in [1.165, 1.54) is 23.6 Å². The minimum absolute atomic E-state index is 0.0962. The standard InChI is InChI=1S/C24H24N2O5S/c1-14-18(13-30-15(2)27)20(26-22(28)19(25)23(26)32-14)24(29)31-21(16-9-5-3-6-10-16)17-11-7-4-8-12-17/h3-12,14,19,21,23H,13,25H2,1-2H3/t14?,19?,23-/m0/s1. The number of nitrogens with two attached hydrogens (primary N) is 1. The Balaban J connectivity index is 1.72. The molecule has 2 N–H and O–H groups in total. The van der Waals surface area contributed by atoms with Crippen molar-refractivity contribution in [3.05, 3.63) is 83.1 Å². The third-order valence-electron chi connectivity index (χ3n) is 5.52. The summed E-state index contributed by atoms with van der Waals surface area (Å²) in [5.74, 6) is -1.47. The molecular weight excluding hydrogens is 428 g/mol. The maximum Gasteiger partial charge on any atom is 0.356 e. The maximum absolute atomic E-state index is 13.5. The minimum atomic E-state index is -0.681. The molecule has 0 spiro atoms. The highest BCUT2D eigenvalue weighted by Gasteiger charge is 2.54. The summed E-state index contributed by atoms with van der Waals surface area (Å²) in [6.07, 6.45) is -0.666. The molecule has 1 saturated heterocycles. The van der Waals surface area contributed by atoms with E-state index >= 15 is 0 Å². The highest BCUT2D eigenvalue weighted by atomic mass is 32.2. The molecule has 3 atom stereocenters. The summed E-state index contributed by atoms with van der Waals surface area (Å²) < 4.78 is 11.2. The van der Waals surface area contributed by atoms with E-state index in [9.17, 15) is 14.4 Å². The van der Waals surface area contributed by atoms with Gasteiger partial charge in [-0.3, -0.25) is 14.5 Å². The Morgan fingerprint density at radius 1 is 1.06 bits per heavy atom. The Hall–Kier alpha value is -3.10. The van der Waals surface area contributed by atoms with Crippen molar-refractivity contribution in [2.24, 2.45) is 5.73 Å². The van der Waals surface area contributed by atoms with Gasteiger partial charge >= 0.3 is 11.9 Å². The van der Waals surface area contributed by atoms with E-state index in [4.69, 9.17) is 15.2 Å². The van der Waals surface area contributed by atoms with E-state index in [1.807, 2.05) is 67.6 Å². The van der Waals surface area contributed by atoms with Gasteiger partial charge in [0.15, 0.2) is 6.10 Å². The number of carbonyl (C=O) groups is 3. The predicted octanol–water partition coefficient (Wildman–Crippen LogP) is 2.77. The number of fused-ring (bicyclic) bond motifs is 1. The van der Waals surface area contributed by atoms with Gasteiger partial charge in [0.05, 0.1) is 0 Å². The number of β-lactam (4-membered cyclic amide) rings is 1. The zero-order chi connectivity index (χ0) is 22.8. The van der Waals surface area contributed by atoms with Gasteiger partial charge in [0.2, 0.25) is 5.91 Å². The maximum atomic E-state index is 13.5. The van der Waals surface area contributed by atoms with Crippen LogP contribution in [0.4, 0.5) is 0 Å². The fraction of sp³-hybridized carbons (Fsp3) is 0.292. The second-order valence-electron chi connectivity index (χ2n) is 7.66. The summed E-state index contributed by atoms with van der Waals surface area (Å²) in [7, 11) is 0. The number of carbonyl (C=O) groups excluding carboxylic acids is 3. The van der Waals surface area contributed by atoms with E-state index < -0.39 is 24.1 Å². The Bertz CT molecular complexity index is 1020. The molecule has 1 fully saturated rings. The van der Waals surface area contributed by atoms with Gasteiger partial charge in [0.1, 0.15) is 23.7 Å². The Labute approximate surface area is 190 Å². The van der Waals surface area contributed by atoms with Crippen molar-refractivity contribution in [1.82, 2.24) is 4.90 Å². The molecule has 4 rings (SSSR count). The van der Waals surface area contributed by atoms with Gasteiger partial charge in [-0.1, -0.05) is 60.7 Å². The summed E-state index contributed by atoms with van der Waals surface area (Å²) in [6.45, 7) is 3.10. The molecule has 2 aromatic carbocycles. The van der Waals surface area contributed by atoms with Crippen molar-refractivity contribution in [2.45, 2.75) is 36.6 Å². The third kappa shape index (κ3) is 4.16. The lowest BCUT2D eigenvalue weighted by molar-refractivity contribution is -0.153. The highest BCUT2D eigenvalue weighted by Crippen LogP contribution is 2.44. The van der Waals surface area contributed by atoms with Crippen LogP contribution >= 0.6 is 11.8 Å². The van der Waals surface area contributed by atoms with Crippen molar-refractivity contribution in [2.75, 3.05) is 6.61 Å². The third-order valence-corrected chi connectivity index (χ3v) is 6.99. The fourth-order valence-electron chi connectivity index (χ4n) is 3.85. The summed E-state index contributed by atoms with van der Waals surface area (Å²) in [4.78, 5) is 38.9. The molecule has 0 aromatic heterocycles. The van der Waals surface area contributed by atoms with E-state index in [-0.39, 0.29) is 28.8 Å². The predicted molar refractivity (Wildman–Crippen MR) is 120 cm³/mol. The zero-order valence-electron chi connectivity index (χ0n) is 17.8. The molecule has 166 valence electrons. The van der Waals surface area contributed by atoms with E-state index in [2.05, 4.69) is 0 Å². The SMILES string of the molecule is CC(=O)OCC1=C(C(=O)OC(c2ccccc2)c2ccccc2)N2C(=O)C(N)[C@@H]2SC1C. The molecule has 0 saturated carbocycles. The average Bonchev–Trinajstić information content (AvgIpc) is 2.81. The second-order valence-corrected chi connectivity index (χ2v) is 9.13. The molecule has 2 aliphatic heterocycles. The molecule has 2 unspecified atom stereocenters. The van der Waals surface area contributed by atoms with Gasteiger partial charge in [-0.05, 0) is 18.1 Å². The van der Waals surface area contributed by atoms with Crippen LogP contribution in [0.2, 0.25) is 0 Å². The van der Waals surface area contributed by atoms with Crippen molar-refractivity contribution in [3.63, 3.8) is 0 Å². The molecule has 8 heteroatoms. The van der Waals surface area contributed by atoms with Crippen LogP contribution in [-0.4, -0.2) is 46.0 Å². The summed E-state index contributed by atoms with van der Waals surface area (Å²) in [5.41, 5.74) is 8.23. The van der Waals surface area contributed by atoms with Crippen LogP contribution in [0, 0.1) is 0 Å². The molecule has 2 heterocycles. The van der Waals surface area contributed by atoms with Gasteiger partial charge in [-0.2, -0.15) is 0 Å². The largest absolute Gasteiger partial charge is 0.461 e. The van der Waals surface area contributed by atoms with Gasteiger partial charge < -0.3 is 15.2 Å². The number of hydrogen-bond donors (Lipinski definition) is 1. The van der Waals surface area contributed by atoms with Gasteiger partial charge in [0.25, 0.3) is 0 Å². The van der Waals surface area contributed by atoms with Crippen molar-refractivity contribution >= 4 is 29.6 Å². The molecule has 32 heavy (non-hydrogen) atoms. The summed E-state index contributed by atoms with van der Waals surface area (Å²) in [5, 5.41) is -0.530. The summed E-state index contributed by atoms with van der Waals surface area (Å²) in [6, 6.07) is 18.1. The topological polar surface area (TPSA) is 98.9 Å². The van der Waals surface area contributed by atoms with Crippen molar-refractivity contribution in [1.29, 1.82) is 0 Å². The smallest absolute Gasteiger partial charge is 0.356 e. The van der Waals surface area contributed by atoms with Crippen molar-refractivity contribution in [3.8, 4) is 0 Å². The molecule has 2 aromatic rings. The molecular formula is C24H24N2O5S. The normalized spacial score (nSPS) is 22.3. The van der Waals surface area contributed by atoms with Gasteiger partial charge in [-0.25, -0.2) is 4.79 Å². The quantitative estimate of drug-likeness (QED) is 0.531. The Morgan fingerprint density at radius 3 is 2.16 bits per heavy atom. The van der Waals surface area contributed by atoms with Crippen LogP contribution in [0.3, 0.4) is 0 Å². The lowest BCUT2D eigenvalue weighted by Crippen LogP contribution is -2.69. The first-order valence-electron chi connectivity index (χ1n) is 10.3. The van der Waals surface area contributed by atoms with Crippen LogP contribution in [0.15, 0.2) is 71.9 Å². The minimum Gasteiger partial charge on any atom is -0.461 e. The lowest BCUT2D eigenvalue weighted by Gasteiger charge is -2.50. The van der Waals surface area contributed by atoms with Crippen LogP contribution < -0.4 is 5.73 Å². The van der Waals surface area contributed by atoms with E-state index in [1.54, 1.807) is 0 Å². The second kappa shape index (κ2) is 9.18. The number of nitrogens with zero attached hydrogens (tertiary/aromatic N) is 1. The average molecular weight is 453 g/mol.